The van der Waals surface area contributed by atoms with E-state index in [9.17, 15) is 4.21 Å². The Hall–Kier alpha value is -0.910. The van der Waals surface area contributed by atoms with Crippen molar-refractivity contribution in [3.63, 3.8) is 0 Å². The van der Waals surface area contributed by atoms with E-state index in [0.29, 0.717) is 5.92 Å². The van der Waals surface area contributed by atoms with Gasteiger partial charge >= 0.3 is 0 Å². The second-order valence-electron chi connectivity index (χ2n) is 5.88. The molecule has 0 radical (unpaired) electrons. The van der Waals surface area contributed by atoms with Gasteiger partial charge in [0.15, 0.2) is 0 Å². The van der Waals surface area contributed by atoms with Gasteiger partial charge in [0.2, 0.25) is 0 Å². The minimum atomic E-state index is -1.28. The Morgan fingerprint density at radius 3 is 2.85 bits per heavy atom. The van der Waals surface area contributed by atoms with E-state index in [2.05, 4.69) is 17.4 Å². The Labute approximate surface area is 122 Å². The van der Waals surface area contributed by atoms with E-state index in [4.69, 9.17) is 9.88 Å². The average molecular weight is 294 g/mol. The van der Waals surface area contributed by atoms with Crippen molar-refractivity contribution in [1.29, 1.82) is 0 Å². The Morgan fingerprint density at radius 2 is 2.15 bits per heavy atom. The molecular weight excluding hydrogens is 272 g/mol. The SMILES string of the molecule is CC(C[C@@H]1c2ccccc2OC12CCNCC2)S(N)=O. The Bertz CT molecular complexity index is 514. The van der Waals surface area contributed by atoms with Gasteiger partial charge in [-0.05, 0) is 32.5 Å². The zero-order valence-corrected chi connectivity index (χ0v) is 12.6. The van der Waals surface area contributed by atoms with Crippen LogP contribution in [0, 0.1) is 0 Å². The third kappa shape index (κ3) is 2.38. The standard InChI is InChI=1S/C15H22N2O2S/c1-11(20(16)18)10-13-12-4-2-3-5-14(12)19-15(13)6-8-17-9-7-15/h2-5,11,13,17H,6-10,16H2,1H3/t11?,13-,20?/m1/s1. The molecule has 0 aromatic heterocycles. The number of ether oxygens (including phenoxy) is 1. The van der Waals surface area contributed by atoms with Gasteiger partial charge in [-0.15, -0.1) is 0 Å². The van der Waals surface area contributed by atoms with E-state index >= 15 is 0 Å². The molecule has 1 spiro atoms. The third-order valence-corrected chi connectivity index (χ3v) is 5.64. The van der Waals surface area contributed by atoms with Gasteiger partial charge in [0.1, 0.15) is 11.4 Å². The molecule has 1 aromatic rings. The summed E-state index contributed by atoms with van der Waals surface area (Å²) in [6.07, 6.45) is 2.81. The van der Waals surface area contributed by atoms with Gasteiger partial charge in [0.05, 0.1) is 11.0 Å². The molecule has 2 unspecified atom stereocenters. The summed E-state index contributed by atoms with van der Waals surface area (Å²) < 4.78 is 17.9. The molecule has 1 aromatic carbocycles. The van der Waals surface area contributed by atoms with Crippen LogP contribution in [0.1, 0.15) is 37.7 Å². The van der Waals surface area contributed by atoms with Crippen LogP contribution >= 0.6 is 0 Å². The Balaban J connectivity index is 1.93. The molecule has 2 aliphatic rings. The minimum Gasteiger partial charge on any atom is -0.486 e. The lowest BCUT2D eigenvalue weighted by molar-refractivity contribution is 0.0330. The first-order valence-corrected chi connectivity index (χ1v) is 8.54. The van der Waals surface area contributed by atoms with Gasteiger partial charge in [0.25, 0.3) is 0 Å². The van der Waals surface area contributed by atoms with Crippen molar-refractivity contribution in [1.82, 2.24) is 5.32 Å². The van der Waals surface area contributed by atoms with Crippen LogP contribution < -0.4 is 15.2 Å². The van der Waals surface area contributed by atoms with Crippen LogP contribution in [-0.4, -0.2) is 28.1 Å². The highest BCUT2D eigenvalue weighted by Gasteiger charge is 2.49. The molecule has 0 amide bonds. The smallest absolute Gasteiger partial charge is 0.123 e. The molecule has 20 heavy (non-hydrogen) atoms. The first-order valence-electron chi connectivity index (χ1n) is 7.26. The van der Waals surface area contributed by atoms with Crippen LogP contribution in [0.2, 0.25) is 0 Å². The summed E-state index contributed by atoms with van der Waals surface area (Å²) in [6.45, 7) is 3.92. The number of para-hydroxylation sites is 1. The van der Waals surface area contributed by atoms with E-state index in [1.807, 2.05) is 19.1 Å². The number of nitrogens with two attached hydrogens (primary N) is 1. The summed E-state index contributed by atoms with van der Waals surface area (Å²) in [5.41, 5.74) is 1.12. The Morgan fingerprint density at radius 1 is 1.45 bits per heavy atom. The number of fused-ring (bicyclic) bond motifs is 1. The molecule has 3 atom stereocenters. The monoisotopic (exact) mass is 294 g/mol. The lowest BCUT2D eigenvalue weighted by Crippen LogP contribution is -2.48. The van der Waals surface area contributed by atoms with Crippen molar-refractivity contribution in [3.05, 3.63) is 29.8 Å². The maximum atomic E-state index is 11.6. The van der Waals surface area contributed by atoms with Crippen molar-refractivity contribution >= 4 is 11.0 Å². The van der Waals surface area contributed by atoms with Gasteiger partial charge < -0.3 is 10.1 Å². The highest BCUT2D eigenvalue weighted by molar-refractivity contribution is 7.83. The van der Waals surface area contributed by atoms with Gasteiger partial charge in [0, 0.05) is 29.6 Å². The van der Waals surface area contributed by atoms with E-state index < -0.39 is 11.0 Å². The van der Waals surface area contributed by atoms with Crippen molar-refractivity contribution in [2.24, 2.45) is 5.14 Å². The first-order chi connectivity index (χ1) is 9.62. The number of hydrogen-bond acceptors (Lipinski definition) is 3. The summed E-state index contributed by atoms with van der Waals surface area (Å²) >= 11 is 0. The second-order valence-corrected chi connectivity index (χ2v) is 7.34. The molecule has 2 heterocycles. The second kappa shape index (κ2) is 5.47. The summed E-state index contributed by atoms with van der Waals surface area (Å²) in [7, 11) is -1.28. The molecule has 5 heteroatoms. The molecular formula is C15H22N2O2S. The van der Waals surface area contributed by atoms with E-state index in [1.165, 1.54) is 5.56 Å². The van der Waals surface area contributed by atoms with Crippen molar-refractivity contribution < 1.29 is 8.95 Å². The highest BCUT2D eigenvalue weighted by atomic mass is 32.2. The molecule has 0 bridgehead atoms. The molecule has 1 saturated heterocycles. The molecule has 110 valence electrons. The van der Waals surface area contributed by atoms with E-state index in [-0.39, 0.29) is 10.9 Å². The number of rotatable bonds is 3. The quantitative estimate of drug-likeness (QED) is 0.891. The lowest BCUT2D eigenvalue weighted by atomic mass is 9.76. The normalized spacial score (nSPS) is 26.8. The van der Waals surface area contributed by atoms with Crippen LogP contribution in [0.3, 0.4) is 0 Å². The predicted molar refractivity (Wildman–Crippen MR) is 81.1 cm³/mol. The zero-order chi connectivity index (χ0) is 14.2. The van der Waals surface area contributed by atoms with Crippen LogP contribution in [0.4, 0.5) is 0 Å². The minimum absolute atomic E-state index is 0.0125. The average Bonchev–Trinajstić information content (AvgIpc) is 2.73. The molecule has 3 N–H and O–H groups in total. The molecule has 2 aliphatic heterocycles. The largest absolute Gasteiger partial charge is 0.486 e. The summed E-state index contributed by atoms with van der Waals surface area (Å²) in [6, 6.07) is 8.26. The fourth-order valence-corrected chi connectivity index (χ4v) is 3.89. The molecule has 1 fully saturated rings. The number of piperidine rings is 1. The van der Waals surface area contributed by atoms with Gasteiger partial charge in [-0.25, -0.2) is 4.21 Å². The molecule has 4 nitrogen and oxygen atoms in total. The van der Waals surface area contributed by atoms with Crippen molar-refractivity contribution in [2.45, 2.75) is 43.0 Å². The van der Waals surface area contributed by atoms with Crippen molar-refractivity contribution in [3.8, 4) is 5.75 Å². The molecule has 3 rings (SSSR count). The lowest BCUT2D eigenvalue weighted by Gasteiger charge is -2.39. The summed E-state index contributed by atoms with van der Waals surface area (Å²) in [4.78, 5) is 0. The number of nitrogens with one attached hydrogen (secondary N) is 1. The van der Waals surface area contributed by atoms with Crippen LogP contribution in [0.15, 0.2) is 24.3 Å². The van der Waals surface area contributed by atoms with Gasteiger partial charge in [-0.3, -0.25) is 5.14 Å². The maximum Gasteiger partial charge on any atom is 0.123 e. The molecule has 0 saturated carbocycles. The maximum absolute atomic E-state index is 11.6. The fraction of sp³-hybridized carbons (Fsp3) is 0.600. The van der Waals surface area contributed by atoms with Crippen LogP contribution in [0.25, 0.3) is 0 Å². The third-order valence-electron chi connectivity index (χ3n) is 4.66. The number of benzene rings is 1. The van der Waals surface area contributed by atoms with Crippen molar-refractivity contribution in [2.75, 3.05) is 13.1 Å². The van der Waals surface area contributed by atoms with Gasteiger partial charge in [-0.2, -0.15) is 0 Å². The first kappa shape index (κ1) is 14.0. The topological polar surface area (TPSA) is 64.3 Å². The zero-order valence-electron chi connectivity index (χ0n) is 11.8. The van der Waals surface area contributed by atoms with Gasteiger partial charge in [-0.1, -0.05) is 18.2 Å². The van der Waals surface area contributed by atoms with Crippen LogP contribution in [-0.2, 0) is 11.0 Å². The molecule has 0 aliphatic carbocycles. The summed E-state index contributed by atoms with van der Waals surface area (Å²) in [5, 5.41) is 8.95. The van der Waals surface area contributed by atoms with E-state index in [0.717, 1.165) is 38.1 Å². The van der Waals surface area contributed by atoms with Crippen LogP contribution in [0.5, 0.6) is 5.75 Å². The Kier molecular flexibility index (Phi) is 3.84. The highest BCUT2D eigenvalue weighted by Crippen LogP contribution is 2.51. The number of hydrogen-bond donors (Lipinski definition) is 2. The van der Waals surface area contributed by atoms with E-state index in [1.54, 1.807) is 0 Å². The predicted octanol–water partition coefficient (Wildman–Crippen LogP) is 1.69. The summed E-state index contributed by atoms with van der Waals surface area (Å²) in [5.74, 6) is 1.29. The fourth-order valence-electron chi connectivity index (χ4n) is 3.50.